The molecule has 3 nitrogen and oxygen atoms in total. The molecule has 2 saturated heterocycles. The number of nitrogens with zero attached hydrogens (tertiary/aromatic N) is 2. The molecule has 2 N–H and O–H groups in total. The van der Waals surface area contributed by atoms with Gasteiger partial charge < -0.3 is 10.6 Å². The quantitative estimate of drug-likeness (QED) is 0.792. The molecular formula is C14H29N3. The maximum Gasteiger partial charge on any atom is 0.0112 e. The monoisotopic (exact) mass is 239 g/mol. The van der Waals surface area contributed by atoms with Crippen LogP contribution in [0.2, 0.25) is 0 Å². The summed E-state index contributed by atoms with van der Waals surface area (Å²) in [6.07, 6.45) is 9.62. The van der Waals surface area contributed by atoms with Crippen LogP contribution in [0.25, 0.3) is 0 Å². The Morgan fingerprint density at radius 3 is 2.41 bits per heavy atom. The highest BCUT2D eigenvalue weighted by molar-refractivity contribution is 4.78. The summed E-state index contributed by atoms with van der Waals surface area (Å²) in [4.78, 5) is 5.35. The van der Waals surface area contributed by atoms with Crippen LogP contribution in [0, 0.1) is 0 Å². The van der Waals surface area contributed by atoms with Crippen molar-refractivity contribution in [1.29, 1.82) is 0 Å². The lowest BCUT2D eigenvalue weighted by molar-refractivity contribution is 0.114. The molecule has 2 fully saturated rings. The van der Waals surface area contributed by atoms with Crippen molar-refractivity contribution in [2.45, 2.75) is 51.0 Å². The van der Waals surface area contributed by atoms with Crippen molar-refractivity contribution in [3.8, 4) is 0 Å². The van der Waals surface area contributed by atoms with Crippen molar-refractivity contribution in [2.24, 2.45) is 5.73 Å². The molecule has 0 saturated carbocycles. The number of likely N-dealkylation sites (tertiary alicyclic amines) is 2. The van der Waals surface area contributed by atoms with Crippen LogP contribution in [0.4, 0.5) is 0 Å². The number of hydrogen-bond acceptors (Lipinski definition) is 3. The van der Waals surface area contributed by atoms with E-state index in [0.29, 0.717) is 0 Å². The van der Waals surface area contributed by atoms with E-state index in [1.807, 2.05) is 0 Å². The van der Waals surface area contributed by atoms with Crippen LogP contribution in [-0.2, 0) is 0 Å². The Balaban J connectivity index is 1.71. The maximum atomic E-state index is 5.72. The van der Waals surface area contributed by atoms with Crippen molar-refractivity contribution in [1.82, 2.24) is 9.80 Å². The summed E-state index contributed by atoms with van der Waals surface area (Å²) < 4.78 is 0. The third kappa shape index (κ3) is 4.23. The van der Waals surface area contributed by atoms with Crippen LogP contribution in [0.15, 0.2) is 0 Å². The van der Waals surface area contributed by atoms with Crippen molar-refractivity contribution < 1.29 is 0 Å². The van der Waals surface area contributed by atoms with E-state index < -0.39 is 0 Å². The molecule has 0 aromatic heterocycles. The zero-order valence-corrected chi connectivity index (χ0v) is 11.2. The van der Waals surface area contributed by atoms with Crippen LogP contribution in [0.5, 0.6) is 0 Å². The smallest absolute Gasteiger partial charge is 0.0112 e. The fourth-order valence-electron chi connectivity index (χ4n) is 3.33. The van der Waals surface area contributed by atoms with Crippen LogP contribution in [0.3, 0.4) is 0 Å². The highest BCUT2D eigenvalue weighted by atomic mass is 15.2. The topological polar surface area (TPSA) is 32.5 Å². The van der Waals surface area contributed by atoms with E-state index in [2.05, 4.69) is 9.80 Å². The van der Waals surface area contributed by atoms with Gasteiger partial charge in [-0.25, -0.2) is 0 Å². The molecule has 0 bridgehead atoms. The Hall–Kier alpha value is -0.120. The lowest BCUT2D eigenvalue weighted by Gasteiger charge is -2.37. The van der Waals surface area contributed by atoms with E-state index >= 15 is 0 Å². The van der Waals surface area contributed by atoms with Gasteiger partial charge in [-0.3, -0.25) is 4.90 Å². The zero-order chi connectivity index (χ0) is 11.9. The summed E-state index contributed by atoms with van der Waals surface area (Å²) in [6.45, 7) is 7.36. The Morgan fingerprint density at radius 2 is 1.65 bits per heavy atom. The SMILES string of the molecule is NCCC1CCCCN1CCN1CCCCC1. The van der Waals surface area contributed by atoms with E-state index in [-0.39, 0.29) is 0 Å². The average molecular weight is 239 g/mol. The molecule has 0 aromatic carbocycles. The van der Waals surface area contributed by atoms with Gasteiger partial charge in [-0.2, -0.15) is 0 Å². The Morgan fingerprint density at radius 1 is 0.882 bits per heavy atom. The minimum Gasteiger partial charge on any atom is -0.330 e. The largest absolute Gasteiger partial charge is 0.330 e. The second-order valence-electron chi connectivity index (χ2n) is 5.67. The molecule has 17 heavy (non-hydrogen) atoms. The third-order valence-electron chi connectivity index (χ3n) is 4.40. The van der Waals surface area contributed by atoms with E-state index in [0.717, 1.165) is 12.6 Å². The minimum atomic E-state index is 0.776. The number of nitrogens with two attached hydrogens (primary N) is 1. The first-order valence-electron chi connectivity index (χ1n) is 7.56. The molecule has 2 rings (SSSR count). The van der Waals surface area contributed by atoms with Gasteiger partial charge in [-0.15, -0.1) is 0 Å². The number of rotatable bonds is 5. The number of hydrogen-bond donors (Lipinski definition) is 1. The molecule has 0 aromatic rings. The van der Waals surface area contributed by atoms with Gasteiger partial charge in [0.05, 0.1) is 0 Å². The minimum absolute atomic E-state index is 0.776. The molecular weight excluding hydrogens is 210 g/mol. The van der Waals surface area contributed by atoms with Gasteiger partial charge in [-0.1, -0.05) is 12.8 Å². The van der Waals surface area contributed by atoms with Crippen LogP contribution >= 0.6 is 0 Å². The van der Waals surface area contributed by atoms with Gasteiger partial charge in [-0.05, 0) is 58.3 Å². The maximum absolute atomic E-state index is 5.72. The first kappa shape index (κ1) is 13.3. The van der Waals surface area contributed by atoms with Crippen molar-refractivity contribution in [3.63, 3.8) is 0 Å². The Kier molecular flexibility index (Phi) is 5.75. The van der Waals surface area contributed by atoms with E-state index in [9.17, 15) is 0 Å². The molecule has 1 atom stereocenters. The second-order valence-corrected chi connectivity index (χ2v) is 5.67. The molecule has 0 spiro atoms. The summed E-state index contributed by atoms with van der Waals surface area (Å²) in [5.74, 6) is 0. The fourth-order valence-corrected chi connectivity index (χ4v) is 3.33. The predicted octanol–water partition coefficient (Wildman–Crippen LogP) is 1.68. The highest BCUT2D eigenvalue weighted by Gasteiger charge is 2.22. The van der Waals surface area contributed by atoms with Gasteiger partial charge in [0.2, 0.25) is 0 Å². The first-order chi connectivity index (χ1) is 8.40. The number of piperidine rings is 2. The molecule has 0 aliphatic carbocycles. The molecule has 3 heteroatoms. The van der Waals surface area contributed by atoms with Crippen molar-refractivity contribution >= 4 is 0 Å². The normalized spacial score (nSPS) is 28.4. The van der Waals surface area contributed by atoms with E-state index in [1.165, 1.54) is 77.7 Å². The zero-order valence-electron chi connectivity index (χ0n) is 11.2. The standard InChI is InChI=1S/C14H29N3/c15-8-7-14-6-2-5-11-17(14)13-12-16-9-3-1-4-10-16/h14H,1-13,15H2. The lowest BCUT2D eigenvalue weighted by atomic mass is 9.99. The average Bonchev–Trinajstić information content (AvgIpc) is 2.39. The summed E-state index contributed by atoms with van der Waals surface area (Å²) in [5, 5.41) is 0. The summed E-state index contributed by atoms with van der Waals surface area (Å²) in [5.41, 5.74) is 5.72. The molecule has 2 aliphatic rings. The highest BCUT2D eigenvalue weighted by Crippen LogP contribution is 2.19. The summed E-state index contributed by atoms with van der Waals surface area (Å²) in [7, 11) is 0. The van der Waals surface area contributed by atoms with Gasteiger partial charge in [0, 0.05) is 19.1 Å². The molecule has 0 amide bonds. The third-order valence-corrected chi connectivity index (χ3v) is 4.40. The molecule has 1 unspecified atom stereocenters. The van der Waals surface area contributed by atoms with Gasteiger partial charge in [0.15, 0.2) is 0 Å². The van der Waals surface area contributed by atoms with E-state index in [4.69, 9.17) is 5.73 Å². The Labute approximate surface area is 106 Å². The second kappa shape index (κ2) is 7.34. The fraction of sp³-hybridized carbons (Fsp3) is 1.00. The van der Waals surface area contributed by atoms with E-state index in [1.54, 1.807) is 0 Å². The van der Waals surface area contributed by atoms with Crippen LogP contribution in [-0.4, -0.2) is 55.1 Å². The summed E-state index contributed by atoms with van der Waals surface area (Å²) >= 11 is 0. The molecule has 2 heterocycles. The predicted molar refractivity (Wildman–Crippen MR) is 73.2 cm³/mol. The van der Waals surface area contributed by atoms with Crippen LogP contribution in [0.1, 0.15) is 44.9 Å². The van der Waals surface area contributed by atoms with Gasteiger partial charge >= 0.3 is 0 Å². The Bertz CT molecular complexity index is 200. The first-order valence-corrected chi connectivity index (χ1v) is 7.56. The lowest BCUT2D eigenvalue weighted by Crippen LogP contribution is -2.45. The van der Waals surface area contributed by atoms with Gasteiger partial charge in [0.25, 0.3) is 0 Å². The summed E-state index contributed by atoms with van der Waals surface area (Å²) in [6, 6.07) is 0.776. The van der Waals surface area contributed by atoms with Crippen LogP contribution < -0.4 is 5.73 Å². The van der Waals surface area contributed by atoms with Crippen molar-refractivity contribution in [3.05, 3.63) is 0 Å². The molecule has 2 aliphatic heterocycles. The van der Waals surface area contributed by atoms with Crippen molar-refractivity contribution in [2.75, 3.05) is 39.3 Å². The molecule has 0 radical (unpaired) electrons. The molecule has 100 valence electrons. The van der Waals surface area contributed by atoms with Gasteiger partial charge in [0.1, 0.15) is 0 Å².